The normalized spacial score (nSPS) is 52.4. The standard InChI is InChI=1S/C6H12N4.BH3/c1-7-2-9-4-8(1)5-10(3-7)6-9;/h1-6H2;1H3. The summed E-state index contributed by atoms with van der Waals surface area (Å²) in [6.07, 6.45) is 0. The third kappa shape index (κ3) is 1.08. The van der Waals surface area contributed by atoms with Crippen LogP contribution in [0.5, 0.6) is 0 Å². The Morgan fingerprint density at radius 1 is 0.455 bits per heavy atom. The van der Waals surface area contributed by atoms with Crippen LogP contribution in [0, 0.1) is 0 Å². The lowest BCUT2D eigenvalue weighted by molar-refractivity contribution is -0.194. The van der Waals surface area contributed by atoms with Gasteiger partial charge in [-0.2, -0.15) is 0 Å². The molecule has 4 aliphatic heterocycles. The first-order chi connectivity index (χ1) is 4.90. The van der Waals surface area contributed by atoms with Gasteiger partial charge < -0.3 is 0 Å². The van der Waals surface area contributed by atoms with Crippen LogP contribution in [0.15, 0.2) is 0 Å². The molecule has 0 N–H and O–H groups in total. The molecule has 4 nitrogen and oxygen atoms in total. The van der Waals surface area contributed by atoms with Crippen molar-refractivity contribution in [3.05, 3.63) is 0 Å². The lowest BCUT2D eigenvalue weighted by Gasteiger charge is -2.56. The molecule has 4 bridgehead atoms. The second-order valence-corrected chi connectivity index (χ2v) is 3.53. The van der Waals surface area contributed by atoms with E-state index in [1.165, 1.54) is 40.0 Å². The van der Waals surface area contributed by atoms with Crippen LogP contribution < -0.4 is 0 Å². The van der Waals surface area contributed by atoms with Crippen LogP contribution in [0.1, 0.15) is 0 Å². The summed E-state index contributed by atoms with van der Waals surface area (Å²) in [6, 6.07) is 0. The van der Waals surface area contributed by atoms with Crippen molar-refractivity contribution in [1.82, 2.24) is 19.6 Å². The van der Waals surface area contributed by atoms with Crippen molar-refractivity contribution in [3.63, 3.8) is 0 Å². The molecule has 0 spiro atoms. The van der Waals surface area contributed by atoms with Crippen molar-refractivity contribution >= 4 is 8.41 Å². The Balaban J connectivity index is 0.000000480. The molecule has 62 valence electrons. The predicted molar refractivity (Wildman–Crippen MR) is 46.5 cm³/mol. The van der Waals surface area contributed by atoms with Gasteiger partial charge in [-0.05, 0) is 0 Å². The van der Waals surface area contributed by atoms with E-state index in [-0.39, 0.29) is 8.41 Å². The monoisotopic (exact) mass is 154 g/mol. The Bertz CT molecular complexity index is 106. The highest BCUT2D eigenvalue weighted by Crippen LogP contribution is 2.20. The first-order valence-electron chi connectivity index (χ1n) is 3.79. The molecule has 0 aliphatic carbocycles. The molecule has 4 aliphatic rings. The van der Waals surface area contributed by atoms with Crippen LogP contribution in [-0.2, 0) is 0 Å². The number of hydrogen-bond acceptors (Lipinski definition) is 4. The lowest BCUT2D eigenvalue weighted by Crippen LogP contribution is -2.71. The maximum atomic E-state index is 2.47. The average Bonchev–Trinajstić information content (AvgIpc) is 1.82. The molecule has 0 radical (unpaired) electrons. The van der Waals surface area contributed by atoms with Gasteiger partial charge in [0, 0.05) is 0 Å². The van der Waals surface area contributed by atoms with E-state index in [0.717, 1.165) is 0 Å². The van der Waals surface area contributed by atoms with Gasteiger partial charge in [0.15, 0.2) is 0 Å². The smallest absolute Gasteiger partial charge is 0.0814 e. The fourth-order valence-electron chi connectivity index (χ4n) is 2.23. The Morgan fingerprint density at radius 2 is 0.636 bits per heavy atom. The van der Waals surface area contributed by atoms with E-state index in [1.54, 1.807) is 0 Å². The Kier molecular flexibility index (Phi) is 1.68. The van der Waals surface area contributed by atoms with E-state index in [9.17, 15) is 0 Å². The maximum Gasteiger partial charge on any atom is 0.0814 e. The number of nitrogens with zero attached hydrogens (tertiary/aromatic N) is 4. The SMILES string of the molecule is B.C1N2CN3CN1CN(C2)C3. The highest BCUT2D eigenvalue weighted by Gasteiger charge is 2.36. The first-order valence-corrected chi connectivity index (χ1v) is 3.79. The maximum absolute atomic E-state index is 2.47. The average molecular weight is 154 g/mol. The second-order valence-electron chi connectivity index (χ2n) is 3.53. The molecule has 0 aromatic rings. The molecule has 11 heavy (non-hydrogen) atoms. The van der Waals surface area contributed by atoms with Gasteiger partial charge in [0.1, 0.15) is 0 Å². The van der Waals surface area contributed by atoms with Crippen LogP contribution in [-0.4, -0.2) is 68.0 Å². The van der Waals surface area contributed by atoms with E-state index >= 15 is 0 Å². The highest BCUT2D eigenvalue weighted by molar-refractivity contribution is 5.75. The molecule has 0 amide bonds. The van der Waals surface area contributed by atoms with Gasteiger partial charge in [-0.15, -0.1) is 0 Å². The lowest BCUT2D eigenvalue weighted by atomic mass is 10.4. The topological polar surface area (TPSA) is 13.0 Å². The molecule has 0 aromatic heterocycles. The van der Waals surface area contributed by atoms with Crippen LogP contribution in [0.3, 0.4) is 0 Å². The molecule has 0 aromatic carbocycles. The van der Waals surface area contributed by atoms with Crippen molar-refractivity contribution in [3.8, 4) is 0 Å². The number of hydrogen-bond donors (Lipinski definition) is 0. The van der Waals surface area contributed by atoms with Gasteiger partial charge >= 0.3 is 0 Å². The van der Waals surface area contributed by atoms with E-state index in [1.807, 2.05) is 0 Å². The molecule has 4 rings (SSSR count). The van der Waals surface area contributed by atoms with Crippen LogP contribution in [0.4, 0.5) is 0 Å². The van der Waals surface area contributed by atoms with Gasteiger partial charge in [-0.3, -0.25) is 19.6 Å². The minimum Gasteiger partial charge on any atom is -0.264 e. The third-order valence-electron chi connectivity index (χ3n) is 2.40. The minimum atomic E-state index is 0. The molecule has 4 heterocycles. The van der Waals surface area contributed by atoms with Gasteiger partial charge in [0.05, 0.1) is 48.4 Å². The molecular formula is C6H15BN4. The summed E-state index contributed by atoms with van der Waals surface area (Å²) in [4.78, 5) is 9.88. The zero-order valence-corrected chi connectivity index (χ0v) is 6.03. The largest absolute Gasteiger partial charge is 0.264 e. The Morgan fingerprint density at radius 3 is 0.818 bits per heavy atom. The van der Waals surface area contributed by atoms with Crippen molar-refractivity contribution in [1.29, 1.82) is 0 Å². The fourth-order valence-corrected chi connectivity index (χ4v) is 2.23. The van der Waals surface area contributed by atoms with Gasteiger partial charge in [-0.25, -0.2) is 0 Å². The molecule has 0 atom stereocenters. The van der Waals surface area contributed by atoms with E-state index < -0.39 is 0 Å². The quantitative estimate of drug-likeness (QED) is 0.367. The first kappa shape index (κ1) is 7.55. The van der Waals surface area contributed by atoms with Gasteiger partial charge in [0.2, 0.25) is 0 Å². The summed E-state index contributed by atoms with van der Waals surface area (Å²) in [7, 11) is 0. The van der Waals surface area contributed by atoms with Crippen molar-refractivity contribution in [2.75, 3.05) is 40.0 Å². The molecular weight excluding hydrogens is 139 g/mol. The molecule has 4 fully saturated rings. The molecule has 5 heteroatoms. The van der Waals surface area contributed by atoms with Crippen molar-refractivity contribution < 1.29 is 0 Å². The summed E-state index contributed by atoms with van der Waals surface area (Å²) in [5.74, 6) is 0. The molecule has 0 unspecified atom stereocenters. The summed E-state index contributed by atoms with van der Waals surface area (Å²) >= 11 is 0. The third-order valence-corrected chi connectivity index (χ3v) is 2.40. The van der Waals surface area contributed by atoms with E-state index in [0.29, 0.717) is 0 Å². The summed E-state index contributed by atoms with van der Waals surface area (Å²) in [6.45, 7) is 7.12. The van der Waals surface area contributed by atoms with Crippen LogP contribution in [0.25, 0.3) is 0 Å². The van der Waals surface area contributed by atoms with E-state index in [4.69, 9.17) is 0 Å². The fraction of sp³-hybridized carbons (Fsp3) is 1.00. The number of rotatable bonds is 0. The Hall–Kier alpha value is -0.0951. The van der Waals surface area contributed by atoms with E-state index in [2.05, 4.69) is 19.6 Å². The zero-order valence-electron chi connectivity index (χ0n) is 6.03. The predicted octanol–water partition coefficient (Wildman–Crippen LogP) is -2.20. The minimum absolute atomic E-state index is 0. The highest BCUT2D eigenvalue weighted by atomic mass is 15.7. The summed E-state index contributed by atoms with van der Waals surface area (Å²) in [5.41, 5.74) is 0. The van der Waals surface area contributed by atoms with Crippen molar-refractivity contribution in [2.24, 2.45) is 0 Å². The molecule has 0 saturated carbocycles. The van der Waals surface area contributed by atoms with Crippen molar-refractivity contribution in [2.45, 2.75) is 0 Å². The van der Waals surface area contributed by atoms with Gasteiger partial charge in [0.25, 0.3) is 0 Å². The Labute approximate surface area is 68.9 Å². The molecule has 4 saturated heterocycles. The van der Waals surface area contributed by atoms with Gasteiger partial charge in [-0.1, -0.05) is 0 Å². The summed E-state index contributed by atoms with van der Waals surface area (Å²) < 4.78 is 0. The van der Waals surface area contributed by atoms with Crippen LogP contribution in [0.2, 0.25) is 0 Å². The zero-order chi connectivity index (χ0) is 6.55. The summed E-state index contributed by atoms with van der Waals surface area (Å²) in [5, 5.41) is 0. The van der Waals surface area contributed by atoms with Crippen LogP contribution >= 0.6 is 0 Å². The second kappa shape index (κ2) is 2.45.